The number of aromatic nitrogens is 1. The van der Waals surface area contributed by atoms with Crippen LogP contribution in [-0.4, -0.2) is 24.7 Å². The Bertz CT molecular complexity index is 808. The highest BCUT2D eigenvalue weighted by molar-refractivity contribution is 9.10. The van der Waals surface area contributed by atoms with Gasteiger partial charge in [0.05, 0.1) is 29.1 Å². The molecule has 1 N–H and O–H groups in total. The number of pyridine rings is 1. The minimum Gasteiger partial charge on any atom is -0.493 e. The van der Waals surface area contributed by atoms with Gasteiger partial charge in [-0.1, -0.05) is 0 Å². The van der Waals surface area contributed by atoms with Gasteiger partial charge < -0.3 is 14.5 Å². The summed E-state index contributed by atoms with van der Waals surface area (Å²) in [5.74, 6) is 0.422. The Labute approximate surface area is 135 Å². The first-order valence-electron chi connectivity index (χ1n) is 7.17. The van der Waals surface area contributed by atoms with E-state index in [1.807, 2.05) is 6.07 Å². The number of nitrogens with one attached hydrogen (secondary N) is 1. The van der Waals surface area contributed by atoms with Gasteiger partial charge in [-0.2, -0.15) is 0 Å². The molecule has 1 aromatic carbocycles. The molecule has 0 saturated heterocycles. The van der Waals surface area contributed by atoms with Crippen LogP contribution in [0.1, 0.15) is 41.6 Å². The van der Waals surface area contributed by atoms with Crippen molar-refractivity contribution < 1.29 is 14.3 Å². The molecule has 0 unspecified atom stereocenters. The Kier molecular flexibility index (Phi) is 3.95. The number of hydrogen-bond donors (Lipinski definition) is 1. The van der Waals surface area contributed by atoms with Crippen molar-refractivity contribution in [3.05, 3.63) is 38.1 Å². The van der Waals surface area contributed by atoms with Gasteiger partial charge in [-0.25, -0.2) is 4.79 Å². The van der Waals surface area contributed by atoms with Crippen molar-refractivity contribution in [1.82, 2.24) is 4.98 Å². The number of ether oxygens (including phenoxy) is 2. The number of esters is 1. The van der Waals surface area contributed by atoms with Crippen LogP contribution in [-0.2, 0) is 4.74 Å². The minimum absolute atomic E-state index is 0.0143. The van der Waals surface area contributed by atoms with Gasteiger partial charge in [0.15, 0.2) is 5.75 Å². The van der Waals surface area contributed by atoms with E-state index in [1.54, 1.807) is 14.0 Å². The minimum atomic E-state index is -0.611. The lowest BCUT2D eigenvalue weighted by atomic mass is 10.0. The zero-order valence-corrected chi connectivity index (χ0v) is 14.0. The maximum absolute atomic E-state index is 12.6. The van der Waals surface area contributed by atoms with Crippen LogP contribution < -0.4 is 10.2 Å². The summed E-state index contributed by atoms with van der Waals surface area (Å²) in [6, 6.07) is 1.85. The summed E-state index contributed by atoms with van der Waals surface area (Å²) in [5, 5.41) is 0.451. The molecule has 0 spiro atoms. The van der Waals surface area contributed by atoms with Gasteiger partial charge in [0, 0.05) is 6.20 Å². The summed E-state index contributed by atoms with van der Waals surface area (Å²) >= 11 is 3.56. The predicted molar refractivity (Wildman–Crippen MR) is 86.8 cm³/mol. The normalized spacial score (nSPS) is 14.1. The Balaban J connectivity index is 2.27. The maximum Gasteiger partial charge on any atom is 0.343 e. The van der Waals surface area contributed by atoms with Gasteiger partial charge in [0.2, 0.25) is 5.43 Å². The molecule has 1 aromatic heterocycles. The first-order valence-corrected chi connectivity index (χ1v) is 7.96. The van der Waals surface area contributed by atoms with Gasteiger partial charge in [-0.15, -0.1) is 0 Å². The number of benzene rings is 1. The molecule has 6 heteroatoms. The van der Waals surface area contributed by atoms with E-state index in [4.69, 9.17) is 9.47 Å². The number of methoxy groups -OCH3 is 1. The number of carbonyl (C=O) groups excluding carboxylic acids is 1. The van der Waals surface area contributed by atoms with Gasteiger partial charge >= 0.3 is 5.97 Å². The van der Waals surface area contributed by atoms with Crippen LogP contribution in [0, 0.1) is 0 Å². The van der Waals surface area contributed by atoms with Crippen LogP contribution in [0.4, 0.5) is 0 Å². The third-order valence-corrected chi connectivity index (χ3v) is 4.63. The third kappa shape index (κ3) is 2.41. The van der Waals surface area contributed by atoms with Gasteiger partial charge in [0.1, 0.15) is 5.56 Å². The van der Waals surface area contributed by atoms with Crippen LogP contribution in [0.25, 0.3) is 10.9 Å². The first-order chi connectivity index (χ1) is 10.6. The van der Waals surface area contributed by atoms with Gasteiger partial charge in [-0.3, -0.25) is 4.79 Å². The smallest absolute Gasteiger partial charge is 0.343 e. The molecule has 0 atom stereocenters. The SMILES string of the molecule is CCOC(=O)c1c[nH]c2c(OC)c(Br)c(C3CC3)cc2c1=O. The van der Waals surface area contributed by atoms with E-state index >= 15 is 0 Å². The number of H-pyrrole nitrogens is 1. The van der Waals surface area contributed by atoms with Crippen molar-refractivity contribution in [3.8, 4) is 5.75 Å². The number of aromatic amines is 1. The van der Waals surface area contributed by atoms with Crippen molar-refractivity contribution in [1.29, 1.82) is 0 Å². The van der Waals surface area contributed by atoms with Crippen molar-refractivity contribution in [3.63, 3.8) is 0 Å². The Morgan fingerprint density at radius 1 is 1.45 bits per heavy atom. The fourth-order valence-electron chi connectivity index (χ4n) is 2.58. The molecule has 1 aliphatic rings. The van der Waals surface area contributed by atoms with Crippen molar-refractivity contribution in [2.45, 2.75) is 25.7 Å². The second kappa shape index (κ2) is 5.76. The summed E-state index contributed by atoms with van der Waals surface area (Å²) in [6.07, 6.45) is 3.58. The molecule has 22 heavy (non-hydrogen) atoms. The Morgan fingerprint density at radius 2 is 2.18 bits per heavy atom. The molecule has 0 bridgehead atoms. The molecule has 0 amide bonds. The van der Waals surface area contributed by atoms with E-state index in [1.165, 1.54) is 6.20 Å². The summed E-state index contributed by atoms with van der Waals surface area (Å²) in [5.41, 5.74) is 1.31. The molecule has 116 valence electrons. The van der Waals surface area contributed by atoms with E-state index in [2.05, 4.69) is 20.9 Å². The van der Waals surface area contributed by atoms with Crippen LogP contribution in [0.5, 0.6) is 5.75 Å². The second-order valence-corrected chi connectivity index (χ2v) is 6.05. The van der Waals surface area contributed by atoms with E-state index in [0.717, 1.165) is 22.9 Å². The summed E-state index contributed by atoms with van der Waals surface area (Å²) in [7, 11) is 1.56. The molecule has 0 aliphatic heterocycles. The van der Waals surface area contributed by atoms with Crippen molar-refractivity contribution in [2.75, 3.05) is 13.7 Å². The van der Waals surface area contributed by atoms with E-state index in [0.29, 0.717) is 22.6 Å². The zero-order chi connectivity index (χ0) is 15.9. The van der Waals surface area contributed by atoms with Gasteiger partial charge in [0.25, 0.3) is 0 Å². The topological polar surface area (TPSA) is 68.4 Å². The lowest BCUT2D eigenvalue weighted by Gasteiger charge is -2.13. The fourth-order valence-corrected chi connectivity index (χ4v) is 3.37. The van der Waals surface area contributed by atoms with Crippen LogP contribution >= 0.6 is 15.9 Å². The molecule has 1 aliphatic carbocycles. The molecule has 3 rings (SSSR count). The zero-order valence-electron chi connectivity index (χ0n) is 12.4. The number of fused-ring (bicyclic) bond motifs is 1. The highest BCUT2D eigenvalue weighted by atomic mass is 79.9. The highest BCUT2D eigenvalue weighted by Crippen LogP contribution is 2.47. The Morgan fingerprint density at radius 3 is 2.77 bits per heavy atom. The van der Waals surface area contributed by atoms with Crippen molar-refractivity contribution >= 4 is 32.8 Å². The lowest BCUT2D eigenvalue weighted by Crippen LogP contribution is -2.18. The number of hydrogen-bond acceptors (Lipinski definition) is 4. The molecular formula is C16H16BrNO4. The number of carbonyl (C=O) groups is 1. The van der Waals surface area contributed by atoms with Crippen LogP contribution in [0.15, 0.2) is 21.5 Å². The molecule has 2 aromatic rings. The summed E-state index contributed by atoms with van der Waals surface area (Å²) < 4.78 is 11.2. The quantitative estimate of drug-likeness (QED) is 0.843. The monoisotopic (exact) mass is 365 g/mol. The Hall–Kier alpha value is -1.82. The largest absolute Gasteiger partial charge is 0.493 e. The molecule has 1 saturated carbocycles. The standard InChI is InChI=1S/C16H16BrNO4/c1-3-22-16(20)11-7-18-13-10(14(11)19)6-9(8-4-5-8)12(17)15(13)21-2/h6-8H,3-5H2,1-2H3,(H,18,19). The average molecular weight is 366 g/mol. The summed E-state index contributed by atoms with van der Waals surface area (Å²) in [6.45, 7) is 1.94. The average Bonchev–Trinajstić information content (AvgIpc) is 3.32. The van der Waals surface area contributed by atoms with Crippen molar-refractivity contribution in [2.24, 2.45) is 0 Å². The predicted octanol–water partition coefficient (Wildman–Crippen LogP) is 3.35. The molecule has 1 heterocycles. The van der Waals surface area contributed by atoms with Crippen LogP contribution in [0.3, 0.4) is 0 Å². The van der Waals surface area contributed by atoms with Crippen LogP contribution in [0.2, 0.25) is 0 Å². The lowest BCUT2D eigenvalue weighted by molar-refractivity contribution is 0.0524. The molecular weight excluding hydrogens is 350 g/mol. The molecule has 1 fully saturated rings. The summed E-state index contributed by atoms with van der Waals surface area (Å²) in [4.78, 5) is 27.5. The molecule has 0 radical (unpaired) electrons. The van der Waals surface area contributed by atoms with Gasteiger partial charge in [-0.05, 0) is 53.2 Å². The van der Waals surface area contributed by atoms with E-state index in [-0.39, 0.29) is 17.6 Å². The first kappa shape index (κ1) is 15.1. The number of halogens is 1. The third-order valence-electron chi connectivity index (χ3n) is 3.82. The maximum atomic E-state index is 12.6. The molecule has 5 nitrogen and oxygen atoms in total. The van der Waals surface area contributed by atoms with E-state index < -0.39 is 5.97 Å². The second-order valence-electron chi connectivity index (χ2n) is 5.26. The highest BCUT2D eigenvalue weighted by Gasteiger charge is 2.29. The van der Waals surface area contributed by atoms with E-state index in [9.17, 15) is 9.59 Å². The number of rotatable bonds is 4. The fraction of sp³-hybridized carbons (Fsp3) is 0.375.